The van der Waals surface area contributed by atoms with Gasteiger partial charge in [0.2, 0.25) is 0 Å². The van der Waals surface area contributed by atoms with Gasteiger partial charge in [0.15, 0.2) is 5.82 Å². The standard InChI is InChI=1S/C25H32N6O2/c1-16-15-30(11-12-31(16)21-14-26-20(13-27-21)25(4,5)33)24-18(3)17(2)22(28-29-24)23(32)19-9-7-6-8-10-19/h6-10,13-14,16,23,32-33H,11-12,15H2,1-5H3/t16?,23-/m1/s1. The van der Waals surface area contributed by atoms with Gasteiger partial charge in [0.05, 0.1) is 23.8 Å². The Morgan fingerprint density at radius 2 is 1.73 bits per heavy atom. The molecule has 0 radical (unpaired) electrons. The number of aliphatic hydroxyl groups excluding tert-OH is 1. The van der Waals surface area contributed by atoms with E-state index in [2.05, 4.69) is 36.9 Å². The highest BCUT2D eigenvalue weighted by Gasteiger charge is 2.29. The number of hydrogen-bond acceptors (Lipinski definition) is 8. The van der Waals surface area contributed by atoms with Crippen molar-refractivity contribution in [1.29, 1.82) is 0 Å². The lowest BCUT2D eigenvalue weighted by atomic mass is 10.0. The summed E-state index contributed by atoms with van der Waals surface area (Å²) in [4.78, 5) is 13.4. The van der Waals surface area contributed by atoms with Crippen molar-refractivity contribution >= 4 is 11.6 Å². The first kappa shape index (κ1) is 23.1. The number of aromatic nitrogens is 4. The van der Waals surface area contributed by atoms with E-state index in [0.717, 1.165) is 48.0 Å². The number of rotatable bonds is 5. The molecular formula is C25H32N6O2. The van der Waals surface area contributed by atoms with Crippen molar-refractivity contribution in [1.82, 2.24) is 20.2 Å². The number of nitrogens with zero attached hydrogens (tertiary/aromatic N) is 6. The van der Waals surface area contributed by atoms with Crippen LogP contribution in [0.25, 0.3) is 0 Å². The Kier molecular flexibility index (Phi) is 6.32. The van der Waals surface area contributed by atoms with Crippen LogP contribution in [0.3, 0.4) is 0 Å². The van der Waals surface area contributed by atoms with Crippen LogP contribution in [0.15, 0.2) is 42.7 Å². The highest BCUT2D eigenvalue weighted by molar-refractivity contribution is 5.53. The Morgan fingerprint density at radius 3 is 2.33 bits per heavy atom. The van der Waals surface area contributed by atoms with Crippen molar-refractivity contribution in [3.05, 3.63) is 70.8 Å². The van der Waals surface area contributed by atoms with Crippen LogP contribution in [0, 0.1) is 13.8 Å². The summed E-state index contributed by atoms with van der Waals surface area (Å²) in [5, 5.41) is 29.9. The largest absolute Gasteiger partial charge is 0.384 e. The number of aliphatic hydroxyl groups is 2. The highest BCUT2D eigenvalue weighted by atomic mass is 16.3. The third-order valence-corrected chi connectivity index (χ3v) is 6.40. The van der Waals surface area contributed by atoms with Gasteiger partial charge in [-0.2, -0.15) is 5.10 Å². The predicted molar refractivity (Wildman–Crippen MR) is 128 cm³/mol. The number of benzene rings is 1. The monoisotopic (exact) mass is 448 g/mol. The zero-order valence-electron chi connectivity index (χ0n) is 19.9. The summed E-state index contributed by atoms with van der Waals surface area (Å²) in [5.74, 6) is 1.65. The summed E-state index contributed by atoms with van der Waals surface area (Å²) in [7, 11) is 0. The van der Waals surface area contributed by atoms with Crippen LogP contribution in [-0.4, -0.2) is 56.1 Å². The maximum Gasteiger partial charge on any atom is 0.154 e. The van der Waals surface area contributed by atoms with Crippen molar-refractivity contribution in [2.75, 3.05) is 29.4 Å². The van der Waals surface area contributed by atoms with Gasteiger partial charge >= 0.3 is 0 Å². The van der Waals surface area contributed by atoms with Crippen molar-refractivity contribution < 1.29 is 10.2 Å². The second kappa shape index (κ2) is 9.03. The molecule has 0 bridgehead atoms. The van der Waals surface area contributed by atoms with E-state index in [1.54, 1.807) is 26.2 Å². The molecule has 8 heteroatoms. The van der Waals surface area contributed by atoms with E-state index < -0.39 is 11.7 Å². The van der Waals surface area contributed by atoms with Crippen molar-refractivity contribution in [3.63, 3.8) is 0 Å². The summed E-state index contributed by atoms with van der Waals surface area (Å²) in [6, 6.07) is 9.73. The van der Waals surface area contributed by atoms with Crippen molar-refractivity contribution in [2.24, 2.45) is 0 Å². The van der Waals surface area contributed by atoms with E-state index in [1.807, 2.05) is 44.2 Å². The van der Waals surface area contributed by atoms with E-state index in [4.69, 9.17) is 0 Å². The molecule has 174 valence electrons. The molecule has 1 unspecified atom stereocenters. The van der Waals surface area contributed by atoms with Crippen LogP contribution >= 0.6 is 0 Å². The predicted octanol–water partition coefficient (Wildman–Crippen LogP) is 2.91. The molecule has 1 aliphatic heterocycles. The van der Waals surface area contributed by atoms with Gasteiger partial charge in [-0.05, 0) is 51.3 Å². The molecule has 8 nitrogen and oxygen atoms in total. The molecule has 3 heterocycles. The van der Waals surface area contributed by atoms with Crippen LogP contribution in [0.4, 0.5) is 11.6 Å². The molecule has 2 atom stereocenters. The number of piperazine rings is 1. The minimum atomic E-state index is -1.01. The molecular weight excluding hydrogens is 416 g/mol. The van der Waals surface area contributed by atoms with Crippen molar-refractivity contribution in [3.8, 4) is 0 Å². The Hall–Kier alpha value is -3.10. The fraction of sp³-hybridized carbons (Fsp3) is 0.440. The second-order valence-corrected chi connectivity index (χ2v) is 9.28. The molecule has 3 aromatic rings. The lowest BCUT2D eigenvalue weighted by molar-refractivity contribution is 0.0734. The summed E-state index contributed by atoms with van der Waals surface area (Å²) >= 11 is 0. The molecule has 2 N–H and O–H groups in total. The zero-order chi connectivity index (χ0) is 23.8. The second-order valence-electron chi connectivity index (χ2n) is 9.28. The molecule has 0 spiro atoms. The smallest absolute Gasteiger partial charge is 0.154 e. The van der Waals surface area contributed by atoms with Crippen LogP contribution in [0.5, 0.6) is 0 Å². The van der Waals surface area contributed by atoms with Crippen LogP contribution < -0.4 is 9.80 Å². The van der Waals surface area contributed by atoms with E-state index in [1.165, 1.54) is 0 Å². The Morgan fingerprint density at radius 1 is 1.00 bits per heavy atom. The van der Waals surface area contributed by atoms with Gasteiger partial charge < -0.3 is 20.0 Å². The van der Waals surface area contributed by atoms with Gasteiger partial charge in [-0.1, -0.05) is 30.3 Å². The number of hydrogen-bond donors (Lipinski definition) is 2. The van der Waals surface area contributed by atoms with Crippen molar-refractivity contribution in [2.45, 2.75) is 52.4 Å². The SMILES string of the molecule is Cc1c([C@H](O)c2ccccc2)nnc(N2CCN(c3cnc(C(C)(C)O)cn3)C(C)C2)c1C. The van der Waals surface area contributed by atoms with Gasteiger partial charge in [0.25, 0.3) is 0 Å². The molecule has 0 amide bonds. The summed E-state index contributed by atoms with van der Waals surface area (Å²) < 4.78 is 0. The molecule has 1 saturated heterocycles. The van der Waals surface area contributed by atoms with E-state index >= 15 is 0 Å². The summed E-state index contributed by atoms with van der Waals surface area (Å²) in [6.45, 7) is 11.9. The molecule has 0 saturated carbocycles. The molecule has 33 heavy (non-hydrogen) atoms. The van der Waals surface area contributed by atoms with E-state index in [0.29, 0.717) is 11.4 Å². The molecule has 1 fully saturated rings. The van der Waals surface area contributed by atoms with Crippen LogP contribution in [0.2, 0.25) is 0 Å². The number of anilines is 2. The van der Waals surface area contributed by atoms with Crippen LogP contribution in [0.1, 0.15) is 55.0 Å². The van der Waals surface area contributed by atoms with Crippen LogP contribution in [-0.2, 0) is 5.60 Å². The average Bonchev–Trinajstić information content (AvgIpc) is 2.80. The highest BCUT2D eigenvalue weighted by Crippen LogP contribution is 2.30. The Balaban J connectivity index is 1.50. The molecule has 1 aromatic carbocycles. The first-order chi connectivity index (χ1) is 15.7. The van der Waals surface area contributed by atoms with Gasteiger partial charge in [-0.3, -0.25) is 4.98 Å². The van der Waals surface area contributed by atoms with E-state index in [9.17, 15) is 10.2 Å². The Labute approximate surface area is 195 Å². The van der Waals surface area contributed by atoms with Gasteiger partial charge in [0.1, 0.15) is 17.5 Å². The Bertz CT molecular complexity index is 1100. The lowest BCUT2D eigenvalue weighted by Gasteiger charge is -2.41. The first-order valence-corrected chi connectivity index (χ1v) is 11.3. The maximum absolute atomic E-state index is 10.8. The molecule has 2 aromatic heterocycles. The molecule has 1 aliphatic rings. The third-order valence-electron chi connectivity index (χ3n) is 6.40. The third kappa shape index (κ3) is 4.67. The fourth-order valence-electron chi connectivity index (χ4n) is 4.24. The summed E-state index contributed by atoms with van der Waals surface area (Å²) in [5.41, 5.74) is 2.93. The molecule has 4 rings (SSSR count). The minimum absolute atomic E-state index is 0.192. The normalized spacial score (nSPS) is 17.8. The zero-order valence-corrected chi connectivity index (χ0v) is 19.9. The lowest BCUT2D eigenvalue weighted by Crippen LogP contribution is -2.53. The van der Waals surface area contributed by atoms with Gasteiger partial charge in [-0.15, -0.1) is 5.10 Å². The minimum Gasteiger partial charge on any atom is -0.384 e. The van der Waals surface area contributed by atoms with Gasteiger partial charge in [0, 0.05) is 25.7 Å². The molecule has 0 aliphatic carbocycles. The first-order valence-electron chi connectivity index (χ1n) is 11.3. The topological polar surface area (TPSA) is 98.5 Å². The fourth-order valence-corrected chi connectivity index (χ4v) is 4.24. The maximum atomic E-state index is 10.8. The quantitative estimate of drug-likeness (QED) is 0.615. The average molecular weight is 449 g/mol. The van der Waals surface area contributed by atoms with Gasteiger partial charge in [-0.25, -0.2) is 4.98 Å². The van der Waals surface area contributed by atoms with E-state index in [-0.39, 0.29) is 6.04 Å². The summed E-state index contributed by atoms with van der Waals surface area (Å²) in [6.07, 6.45) is 2.58.